The van der Waals surface area contributed by atoms with Crippen LogP contribution in [0.3, 0.4) is 0 Å². The van der Waals surface area contributed by atoms with E-state index in [9.17, 15) is 4.79 Å². The highest BCUT2D eigenvalue weighted by atomic mass is 32.1. The number of carbonyl (C=O) groups excluding carboxylic acids is 1. The zero-order valence-corrected chi connectivity index (χ0v) is 12.8. The fourth-order valence-corrected chi connectivity index (χ4v) is 6.10. The summed E-state index contributed by atoms with van der Waals surface area (Å²) in [6.45, 7) is 2.02. The van der Waals surface area contributed by atoms with Gasteiger partial charge in [0.2, 0.25) is 5.91 Å². The quantitative estimate of drug-likeness (QED) is 0.914. The maximum absolute atomic E-state index is 12.4. The minimum Gasteiger partial charge on any atom is -0.302 e. The summed E-state index contributed by atoms with van der Waals surface area (Å²) in [4.78, 5) is 17.7. The number of nitrogens with zero attached hydrogens (tertiary/aromatic N) is 1. The van der Waals surface area contributed by atoms with Gasteiger partial charge in [0.05, 0.1) is 0 Å². The van der Waals surface area contributed by atoms with Crippen LogP contribution in [0.4, 0.5) is 5.13 Å². The lowest BCUT2D eigenvalue weighted by Crippen LogP contribution is -2.47. The van der Waals surface area contributed by atoms with Crippen LogP contribution in [-0.4, -0.2) is 10.9 Å². The van der Waals surface area contributed by atoms with E-state index in [-0.39, 0.29) is 5.91 Å². The van der Waals surface area contributed by atoms with Crippen LogP contribution >= 0.6 is 11.3 Å². The van der Waals surface area contributed by atoms with Crippen molar-refractivity contribution in [3.05, 3.63) is 11.1 Å². The van der Waals surface area contributed by atoms with Crippen LogP contribution in [-0.2, 0) is 4.79 Å². The van der Waals surface area contributed by atoms with Crippen molar-refractivity contribution in [2.24, 2.45) is 23.2 Å². The normalized spacial score (nSPS) is 38.1. The molecular formula is C16H22N2OS. The average Bonchev–Trinajstić information content (AvgIpc) is 2.71. The minimum absolute atomic E-state index is 0.182. The number of hydrogen-bond donors (Lipinski definition) is 1. The predicted octanol–water partition coefficient (Wildman–Crippen LogP) is 4.00. The van der Waals surface area contributed by atoms with E-state index in [2.05, 4.69) is 10.3 Å². The van der Waals surface area contributed by atoms with Gasteiger partial charge in [-0.25, -0.2) is 4.98 Å². The summed E-state index contributed by atoms with van der Waals surface area (Å²) in [6.07, 6.45) is 10.7. The largest absolute Gasteiger partial charge is 0.302 e. The number of aryl methyl sites for hydroxylation is 1. The Bertz CT molecular complexity index is 501. The van der Waals surface area contributed by atoms with Crippen LogP contribution in [0.5, 0.6) is 0 Å². The van der Waals surface area contributed by atoms with Crippen molar-refractivity contribution in [2.45, 2.75) is 51.9 Å². The summed E-state index contributed by atoms with van der Waals surface area (Å²) < 4.78 is 0. The molecule has 4 fully saturated rings. The molecule has 0 atom stereocenters. The molecule has 108 valence electrons. The second-order valence-corrected chi connectivity index (χ2v) is 8.65. The minimum atomic E-state index is 0.182. The van der Waals surface area contributed by atoms with Crippen molar-refractivity contribution >= 4 is 22.4 Å². The van der Waals surface area contributed by atoms with E-state index in [1.165, 1.54) is 38.5 Å². The highest BCUT2D eigenvalue weighted by molar-refractivity contribution is 7.15. The van der Waals surface area contributed by atoms with Crippen molar-refractivity contribution in [1.82, 2.24) is 4.98 Å². The Morgan fingerprint density at radius 3 is 2.40 bits per heavy atom. The summed E-state index contributed by atoms with van der Waals surface area (Å²) in [5.41, 5.74) is 0.325. The van der Waals surface area contributed by atoms with E-state index in [1.807, 2.05) is 13.1 Å². The average molecular weight is 290 g/mol. The standard InChI is InChI=1S/C16H22N2OS/c1-10-9-17-15(20-10)18-14(19)8-16-5-11-2-12(6-16)4-13(3-11)7-16/h9,11-13H,2-8H2,1H3,(H,17,18,19). The Labute approximate surface area is 124 Å². The molecule has 0 radical (unpaired) electrons. The van der Waals surface area contributed by atoms with Gasteiger partial charge in [-0.1, -0.05) is 0 Å². The van der Waals surface area contributed by atoms with Gasteiger partial charge in [-0.15, -0.1) is 11.3 Å². The molecule has 0 unspecified atom stereocenters. The van der Waals surface area contributed by atoms with Crippen molar-refractivity contribution in [3.8, 4) is 0 Å². The first-order valence-corrected chi connectivity index (χ1v) is 8.64. The zero-order valence-electron chi connectivity index (χ0n) is 12.0. The maximum atomic E-state index is 12.4. The fraction of sp³-hybridized carbons (Fsp3) is 0.750. The number of aromatic nitrogens is 1. The smallest absolute Gasteiger partial charge is 0.226 e. The van der Waals surface area contributed by atoms with E-state index in [4.69, 9.17) is 0 Å². The first kappa shape index (κ1) is 12.8. The van der Waals surface area contributed by atoms with E-state index < -0.39 is 0 Å². The molecule has 5 rings (SSSR count). The molecule has 4 aliphatic carbocycles. The van der Waals surface area contributed by atoms with E-state index >= 15 is 0 Å². The van der Waals surface area contributed by atoms with Crippen molar-refractivity contribution in [3.63, 3.8) is 0 Å². The molecule has 0 aromatic carbocycles. The third kappa shape index (κ3) is 2.28. The molecule has 1 amide bonds. The third-order valence-corrected chi connectivity index (χ3v) is 6.40. The fourth-order valence-electron chi connectivity index (χ4n) is 5.42. The highest BCUT2D eigenvalue weighted by Gasteiger charge is 2.51. The molecule has 0 saturated heterocycles. The third-order valence-electron chi connectivity index (χ3n) is 5.57. The van der Waals surface area contributed by atoms with Crippen molar-refractivity contribution < 1.29 is 4.79 Å². The van der Waals surface area contributed by atoms with E-state index in [1.54, 1.807) is 11.3 Å². The predicted molar refractivity (Wildman–Crippen MR) is 80.7 cm³/mol. The number of anilines is 1. The van der Waals surface area contributed by atoms with Gasteiger partial charge < -0.3 is 5.32 Å². The molecule has 0 spiro atoms. The molecule has 20 heavy (non-hydrogen) atoms. The summed E-state index contributed by atoms with van der Waals surface area (Å²) in [7, 11) is 0. The number of nitrogens with one attached hydrogen (secondary N) is 1. The van der Waals surface area contributed by atoms with E-state index in [0.717, 1.165) is 34.2 Å². The molecule has 4 saturated carbocycles. The monoisotopic (exact) mass is 290 g/mol. The van der Waals surface area contributed by atoms with Crippen LogP contribution in [0.1, 0.15) is 49.8 Å². The molecule has 1 heterocycles. The first-order valence-electron chi connectivity index (χ1n) is 7.82. The summed E-state index contributed by atoms with van der Waals surface area (Å²) in [5, 5.41) is 3.77. The van der Waals surface area contributed by atoms with Crippen LogP contribution in [0.25, 0.3) is 0 Å². The topological polar surface area (TPSA) is 42.0 Å². The molecule has 1 N–H and O–H groups in total. The summed E-state index contributed by atoms with van der Waals surface area (Å²) in [5.74, 6) is 2.92. The highest BCUT2D eigenvalue weighted by Crippen LogP contribution is 2.61. The number of hydrogen-bond acceptors (Lipinski definition) is 3. The Morgan fingerprint density at radius 1 is 1.30 bits per heavy atom. The number of carbonyl (C=O) groups is 1. The van der Waals surface area contributed by atoms with Gasteiger partial charge in [0.1, 0.15) is 0 Å². The molecular weight excluding hydrogens is 268 g/mol. The molecule has 3 nitrogen and oxygen atoms in total. The number of rotatable bonds is 3. The lowest BCUT2D eigenvalue weighted by molar-refractivity contribution is -0.124. The summed E-state index contributed by atoms with van der Waals surface area (Å²) in [6, 6.07) is 0. The van der Waals surface area contributed by atoms with Gasteiger partial charge in [-0.2, -0.15) is 0 Å². The molecule has 1 aromatic rings. The molecule has 4 heteroatoms. The second-order valence-electron chi connectivity index (χ2n) is 7.42. The molecule has 4 aliphatic rings. The van der Waals surface area contributed by atoms with Crippen molar-refractivity contribution in [1.29, 1.82) is 0 Å². The van der Waals surface area contributed by atoms with Crippen LogP contribution in [0, 0.1) is 30.1 Å². The molecule has 4 bridgehead atoms. The van der Waals surface area contributed by atoms with Crippen LogP contribution < -0.4 is 5.32 Å². The van der Waals surface area contributed by atoms with Crippen LogP contribution in [0.15, 0.2) is 6.20 Å². The van der Waals surface area contributed by atoms with Crippen molar-refractivity contribution in [2.75, 3.05) is 5.32 Å². The van der Waals surface area contributed by atoms with Gasteiger partial charge in [0.25, 0.3) is 0 Å². The van der Waals surface area contributed by atoms with E-state index in [0.29, 0.717) is 5.41 Å². The Balaban J connectivity index is 1.44. The number of amides is 1. The summed E-state index contributed by atoms with van der Waals surface area (Å²) >= 11 is 1.57. The van der Waals surface area contributed by atoms with Gasteiger partial charge in [-0.3, -0.25) is 4.79 Å². The van der Waals surface area contributed by atoms with Crippen LogP contribution in [0.2, 0.25) is 0 Å². The SMILES string of the molecule is Cc1cnc(NC(=O)CC23CC4CC(CC(C4)C2)C3)s1. The van der Waals surface area contributed by atoms with Gasteiger partial charge in [0, 0.05) is 17.5 Å². The lowest BCUT2D eigenvalue weighted by Gasteiger charge is -2.56. The Morgan fingerprint density at radius 2 is 1.90 bits per heavy atom. The van der Waals surface area contributed by atoms with Gasteiger partial charge >= 0.3 is 0 Å². The number of thiazole rings is 1. The van der Waals surface area contributed by atoms with Gasteiger partial charge in [0.15, 0.2) is 5.13 Å². The molecule has 1 aromatic heterocycles. The van der Waals surface area contributed by atoms with Gasteiger partial charge in [-0.05, 0) is 68.6 Å². The lowest BCUT2D eigenvalue weighted by atomic mass is 9.49. The Hall–Kier alpha value is -0.900. The molecule has 0 aliphatic heterocycles. The zero-order chi connectivity index (χ0) is 13.7. The maximum Gasteiger partial charge on any atom is 0.226 e. The second kappa shape index (κ2) is 4.55. The first-order chi connectivity index (χ1) is 9.60. The Kier molecular flexibility index (Phi) is 2.92.